The Hall–Kier alpha value is -1.91. The average molecular weight is 473 g/mol. The monoisotopic (exact) mass is 473 g/mol. The molecule has 26 heavy (non-hydrogen) atoms. The first-order valence-corrected chi connectivity index (χ1v) is 9.22. The number of pyridine rings is 1. The van der Waals surface area contributed by atoms with Crippen LogP contribution in [0.3, 0.4) is 0 Å². The third kappa shape index (κ3) is 3.62. The fraction of sp³-hybridized carbons (Fsp3) is 0.412. The van der Waals surface area contributed by atoms with Crippen LogP contribution in [0.15, 0.2) is 18.5 Å². The summed E-state index contributed by atoms with van der Waals surface area (Å²) in [6.07, 6.45) is 2.72. The molecular weight excluding hydrogens is 455 g/mol. The van der Waals surface area contributed by atoms with Crippen LogP contribution >= 0.6 is 22.6 Å². The van der Waals surface area contributed by atoms with Crippen molar-refractivity contribution in [1.82, 2.24) is 15.0 Å². The number of amides is 1. The molecule has 0 aromatic carbocycles. The van der Waals surface area contributed by atoms with E-state index in [0.29, 0.717) is 22.9 Å². The van der Waals surface area contributed by atoms with Gasteiger partial charge in [0.15, 0.2) is 0 Å². The van der Waals surface area contributed by atoms with Gasteiger partial charge in [0.1, 0.15) is 11.6 Å². The minimum atomic E-state index is -2.76. The second-order valence-electron chi connectivity index (χ2n) is 6.53. The van der Waals surface area contributed by atoms with E-state index in [1.807, 2.05) is 13.8 Å². The van der Waals surface area contributed by atoms with Crippen LogP contribution in [-0.2, 0) is 0 Å². The summed E-state index contributed by atoms with van der Waals surface area (Å²) in [5.74, 6) is -2.48. The zero-order chi connectivity index (χ0) is 19.1. The number of anilines is 1. The van der Waals surface area contributed by atoms with Crippen LogP contribution in [0.4, 0.5) is 14.6 Å². The van der Waals surface area contributed by atoms with Gasteiger partial charge in [-0.15, -0.1) is 0 Å². The lowest BCUT2D eigenvalue weighted by Crippen LogP contribution is -2.26. The molecule has 9 heteroatoms. The van der Waals surface area contributed by atoms with Gasteiger partial charge in [0.2, 0.25) is 0 Å². The van der Waals surface area contributed by atoms with Gasteiger partial charge >= 0.3 is 0 Å². The van der Waals surface area contributed by atoms with Crippen molar-refractivity contribution in [3.05, 3.63) is 33.4 Å². The molecular formula is C17H18F2IN5O. The number of nitrogens with zero attached hydrogens (tertiary/aromatic N) is 4. The molecule has 0 atom stereocenters. The zero-order valence-electron chi connectivity index (χ0n) is 14.3. The van der Waals surface area contributed by atoms with E-state index in [1.165, 1.54) is 11.1 Å². The van der Waals surface area contributed by atoms with E-state index in [4.69, 9.17) is 5.73 Å². The van der Waals surface area contributed by atoms with Gasteiger partial charge in [-0.05, 0) is 28.7 Å². The Balaban J connectivity index is 2.21. The molecule has 0 saturated carbocycles. The SMILES string of the molecule is CC(C)c1ncc(C(N)=O)c(-c2c(I)ccnc2N2CCC(F)(F)C2)n1. The summed E-state index contributed by atoms with van der Waals surface area (Å²) in [7, 11) is 0. The molecule has 0 aliphatic carbocycles. The van der Waals surface area contributed by atoms with E-state index in [-0.39, 0.29) is 24.4 Å². The predicted octanol–water partition coefficient (Wildman–Crippen LogP) is 3.21. The number of halogens is 3. The minimum Gasteiger partial charge on any atom is -0.365 e. The Labute approximate surface area is 163 Å². The smallest absolute Gasteiger partial charge is 0.266 e. The number of carbonyl (C=O) groups is 1. The van der Waals surface area contributed by atoms with Gasteiger partial charge in [-0.2, -0.15) is 0 Å². The van der Waals surface area contributed by atoms with Crippen LogP contribution in [0.25, 0.3) is 11.3 Å². The van der Waals surface area contributed by atoms with Crippen LogP contribution in [0.5, 0.6) is 0 Å². The first-order valence-electron chi connectivity index (χ1n) is 8.14. The van der Waals surface area contributed by atoms with E-state index in [2.05, 4.69) is 37.5 Å². The van der Waals surface area contributed by atoms with Gasteiger partial charge in [0, 0.05) is 34.8 Å². The molecule has 1 aliphatic rings. The summed E-state index contributed by atoms with van der Waals surface area (Å²) in [6, 6.07) is 1.75. The number of hydrogen-bond acceptors (Lipinski definition) is 5. The van der Waals surface area contributed by atoms with Gasteiger partial charge in [0.05, 0.1) is 23.4 Å². The predicted molar refractivity (Wildman–Crippen MR) is 102 cm³/mol. The minimum absolute atomic E-state index is 0.0320. The number of hydrogen-bond donors (Lipinski definition) is 1. The highest BCUT2D eigenvalue weighted by atomic mass is 127. The topological polar surface area (TPSA) is 85.0 Å². The lowest BCUT2D eigenvalue weighted by atomic mass is 10.1. The Morgan fingerprint density at radius 1 is 1.38 bits per heavy atom. The van der Waals surface area contributed by atoms with Crippen molar-refractivity contribution in [3.8, 4) is 11.3 Å². The molecule has 0 radical (unpaired) electrons. The summed E-state index contributed by atoms with van der Waals surface area (Å²) in [6.45, 7) is 3.63. The van der Waals surface area contributed by atoms with Gasteiger partial charge < -0.3 is 10.6 Å². The quantitative estimate of drug-likeness (QED) is 0.690. The average Bonchev–Trinajstić information content (AvgIpc) is 2.93. The summed E-state index contributed by atoms with van der Waals surface area (Å²) in [4.78, 5) is 26.5. The Kier molecular flexibility index (Phi) is 5.09. The van der Waals surface area contributed by atoms with Crippen LogP contribution < -0.4 is 10.6 Å². The second-order valence-corrected chi connectivity index (χ2v) is 7.69. The molecule has 6 nitrogen and oxygen atoms in total. The van der Waals surface area contributed by atoms with Gasteiger partial charge in [-0.25, -0.2) is 23.7 Å². The Bertz CT molecular complexity index is 859. The summed E-state index contributed by atoms with van der Waals surface area (Å²) < 4.78 is 28.2. The van der Waals surface area contributed by atoms with Crippen molar-refractivity contribution in [3.63, 3.8) is 0 Å². The van der Waals surface area contributed by atoms with Crippen molar-refractivity contribution >= 4 is 34.3 Å². The van der Waals surface area contributed by atoms with E-state index in [0.717, 1.165) is 3.57 Å². The Morgan fingerprint density at radius 3 is 2.69 bits per heavy atom. The van der Waals surface area contributed by atoms with E-state index < -0.39 is 18.4 Å². The lowest BCUT2D eigenvalue weighted by molar-refractivity contribution is 0.0256. The van der Waals surface area contributed by atoms with Gasteiger partial charge in [-0.3, -0.25) is 4.79 Å². The molecule has 3 rings (SSSR count). The zero-order valence-corrected chi connectivity index (χ0v) is 16.5. The van der Waals surface area contributed by atoms with E-state index in [1.54, 1.807) is 12.3 Å². The van der Waals surface area contributed by atoms with E-state index >= 15 is 0 Å². The number of carbonyl (C=O) groups excluding carboxylic acids is 1. The summed E-state index contributed by atoms with van der Waals surface area (Å²) in [5, 5.41) is 0. The van der Waals surface area contributed by atoms with Crippen molar-refractivity contribution in [2.45, 2.75) is 32.1 Å². The highest BCUT2D eigenvalue weighted by Gasteiger charge is 2.40. The molecule has 0 unspecified atom stereocenters. The maximum atomic E-state index is 13.7. The molecule has 1 fully saturated rings. The maximum Gasteiger partial charge on any atom is 0.266 e. The van der Waals surface area contributed by atoms with Crippen LogP contribution in [-0.4, -0.2) is 39.9 Å². The molecule has 2 aromatic heterocycles. The van der Waals surface area contributed by atoms with Gasteiger partial charge in [0.25, 0.3) is 11.8 Å². The summed E-state index contributed by atoms with van der Waals surface area (Å²) in [5.41, 5.74) is 6.51. The first kappa shape index (κ1) is 18.9. The third-order valence-corrected chi connectivity index (χ3v) is 5.07. The lowest BCUT2D eigenvalue weighted by Gasteiger charge is -2.22. The molecule has 0 spiro atoms. The normalized spacial score (nSPS) is 16.3. The molecule has 1 aliphatic heterocycles. The van der Waals surface area contributed by atoms with Crippen molar-refractivity contribution in [1.29, 1.82) is 0 Å². The standard InChI is InChI=1S/C17H18F2IN5O/c1-9(2)15-23-7-10(14(21)26)13(24-15)12-11(20)3-5-22-16(12)25-6-4-17(18,19)8-25/h3,5,7,9H,4,6,8H2,1-2H3,(H2,21,26). The largest absolute Gasteiger partial charge is 0.365 e. The molecule has 1 saturated heterocycles. The number of nitrogens with two attached hydrogens (primary N) is 1. The third-order valence-electron chi connectivity index (χ3n) is 4.18. The molecule has 3 heterocycles. The van der Waals surface area contributed by atoms with Crippen LogP contribution in [0.1, 0.15) is 42.4 Å². The van der Waals surface area contributed by atoms with E-state index in [9.17, 15) is 13.6 Å². The van der Waals surface area contributed by atoms with Crippen molar-refractivity contribution < 1.29 is 13.6 Å². The number of primary amides is 1. The Morgan fingerprint density at radius 2 is 2.12 bits per heavy atom. The fourth-order valence-corrected chi connectivity index (χ4v) is 3.51. The maximum absolute atomic E-state index is 13.7. The fourth-order valence-electron chi connectivity index (χ4n) is 2.85. The molecule has 0 bridgehead atoms. The van der Waals surface area contributed by atoms with Crippen LogP contribution in [0, 0.1) is 3.57 Å². The summed E-state index contributed by atoms with van der Waals surface area (Å²) >= 11 is 2.09. The molecule has 2 aromatic rings. The van der Waals surface area contributed by atoms with Crippen molar-refractivity contribution in [2.24, 2.45) is 5.73 Å². The second kappa shape index (κ2) is 7.01. The highest BCUT2D eigenvalue weighted by molar-refractivity contribution is 14.1. The molecule has 2 N–H and O–H groups in total. The highest BCUT2D eigenvalue weighted by Crippen LogP contribution is 2.38. The number of alkyl halides is 2. The van der Waals surface area contributed by atoms with Crippen LogP contribution in [0.2, 0.25) is 0 Å². The van der Waals surface area contributed by atoms with Crippen molar-refractivity contribution in [2.75, 3.05) is 18.0 Å². The molecule has 138 valence electrons. The molecule has 1 amide bonds. The first-order chi connectivity index (χ1) is 12.2. The number of rotatable bonds is 4. The number of aromatic nitrogens is 3. The van der Waals surface area contributed by atoms with Gasteiger partial charge in [-0.1, -0.05) is 13.8 Å².